The van der Waals surface area contributed by atoms with E-state index in [-0.39, 0.29) is 17.7 Å². The number of aryl methyl sites for hydroxylation is 1. The van der Waals surface area contributed by atoms with E-state index in [1.165, 1.54) is 44.6 Å². The Morgan fingerprint density at radius 1 is 0.893 bits per heavy atom. The predicted octanol–water partition coefficient (Wildman–Crippen LogP) is 6.70. The molecule has 0 aliphatic heterocycles. The van der Waals surface area contributed by atoms with Crippen molar-refractivity contribution in [2.24, 2.45) is 35.5 Å². The third-order valence-corrected chi connectivity index (χ3v) is 8.05. The van der Waals surface area contributed by atoms with Gasteiger partial charge in [0.2, 0.25) is 0 Å². The third kappa shape index (κ3) is 4.44. The monoisotopic (exact) mass is 386 g/mol. The first kappa shape index (κ1) is 19.9. The SMILES string of the molecule is Cc1ccc(OC(=O)C2CCC(C3CCC4CC(C)CCC4C3)CC2)cc1F. The van der Waals surface area contributed by atoms with Crippen molar-refractivity contribution in [3.63, 3.8) is 0 Å². The molecule has 3 heteroatoms. The van der Waals surface area contributed by atoms with Gasteiger partial charge in [-0.15, -0.1) is 0 Å². The fraction of sp³-hybridized carbons (Fsp3) is 0.720. The summed E-state index contributed by atoms with van der Waals surface area (Å²) in [5.41, 5.74) is 0.572. The van der Waals surface area contributed by atoms with Crippen molar-refractivity contribution in [3.8, 4) is 5.75 Å². The average molecular weight is 387 g/mol. The molecule has 3 saturated carbocycles. The van der Waals surface area contributed by atoms with Crippen LogP contribution in [-0.2, 0) is 4.79 Å². The topological polar surface area (TPSA) is 26.3 Å². The Balaban J connectivity index is 1.26. The smallest absolute Gasteiger partial charge is 0.314 e. The highest BCUT2D eigenvalue weighted by atomic mass is 19.1. The molecule has 0 amide bonds. The number of fused-ring (bicyclic) bond motifs is 1. The summed E-state index contributed by atoms with van der Waals surface area (Å²) in [6.07, 6.45) is 12.7. The summed E-state index contributed by atoms with van der Waals surface area (Å²) in [6, 6.07) is 4.67. The molecule has 0 radical (unpaired) electrons. The van der Waals surface area contributed by atoms with Crippen LogP contribution in [0.4, 0.5) is 4.39 Å². The number of carbonyl (C=O) groups is 1. The van der Waals surface area contributed by atoms with Gasteiger partial charge in [-0.05, 0) is 106 Å². The summed E-state index contributed by atoms with van der Waals surface area (Å²) < 4.78 is 19.1. The van der Waals surface area contributed by atoms with Crippen LogP contribution in [0.15, 0.2) is 18.2 Å². The first-order valence-electron chi connectivity index (χ1n) is 11.5. The lowest BCUT2D eigenvalue weighted by molar-refractivity contribution is -0.140. The number of esters is 1. The first-order chi connectivity index (χ1) is 13.5. The maximum absolute atomic E-state index is 13.7. The van der Waals surface area contributed by atoms with Crippen molar-refractivity contribution in [2.75, 3.05) is 0 Å². The van der Waals surface area contributed by atoms with Crippen molar-refractivity contribution in [1.29, 1.82) is 0 Å². The molecule has 0 N–H and O–H groups in total. The highest BCUT2D eigenvalue weighted by Gasteiger charge is 2.38. The van der Waals surface area contributed by atoms with Gasteiger partial charge in [0, 0.05) is 6.07 Å². The van der Waals surface area contributed by atoms with Gasteiger partial charge in [-0.1, -0.05) is 19.4 Å². The maximum atomic E-state index is 13.7. The minimum absolute atomic E-state index is 0.0208. The summed E-state index contributed by atoms with van der Waals surface area (Å²) >= 11 is 0. The van der Waals surface area contributed by atoms with E-state index in [0.717, 1.165) is 55.3 Å². The standard InChI is InChI=1S/C25H35FO2/c1-16-3-5-22-14-21(11-10-20(22)13-16)18-6-8-19(9-7-18)25(27)28-23-12-4-17(2)24(26)15-23/h4,12,15-16,18-22H,3,5-11,13-14H2,1-2H3. The molecule has 0 bridgehead atoms. The zero-order valence-corrected chi connectivity index (χ0v) is 17.5. The molecule has 0 heterocycles. The molecule has 2 nitrogen and oxygen atoms in total. The molecule has 3 aliphatic carbocycles. The molecule has 4 rings (SSSR count). The molecular formula is C25H35FO2. The second-order valence-electron chi connectivity index (χ2n) is 9.96. The molecule has 1 aromatic rings. The Morgan fingerprint density at radius 2 is 1.50 bits per heavy atom. The lowest BCUT2D eigenvalue weighted by atomic mass is 9.61. The Morgan fingerprint density at radius 3 is 2.21 bits per heavy atom. The van der Waals surface area contributed by atoms with E-state index in [0.29, 0.717) is 11.3 Å². The molecule has 3 fully saturated rings. The highest BCUT2D eigenvalue weighted by Crippen LogP contribution is 2.49. The molecule has 0 aromatic heterocycles. The van der Waals surface area contributed by atoms with Crippen molar-refractivity contribution in [1.82, 2.24) is 0 Å². The summed E-state index contributed by atoms with van der Waals surface area (Å²) in [4.78, 5) is 12.5. The van der Waals surface area contributed by atoms with E-state index in [1.54, 1.807) is 19.1 Å². The summed E-state index contributed by atoms with van der Waals surface area (Å²) in [7, 11) is 0. The van der Waals surface area contributed by atoms with E-state index in [2.05, 4.69) is 6.92 Å². The molecular weight excluding hydrogens is 351 g/mol. The number of halogens is 1. The fourth-order valence-corrected chi connectivity index (χ4v) is 6.25. The first-order valence-corrected chi connectivity index (χ1v) is 11.5. The van der Waals surface area contributed by atoms with Gasteiger partial charge in [0.15, 0.2) is 0 Å². The molecule has 3 aliphatic rings. The lowest BCUT2D eigenvalue weighted by Crippen LogP contribution is -2.35. The van der Waals surface area contributed by atoms with Gasteiger partial charge < -0.3 is 4.74 Å². The third-order valence-electron chi connectivity index (χ3n) is 8.05. The number of carbonyl (C=O) groups excluding carboxylic acids is 1. The van der Waals surface area contributed by atoms with E-state index in [4.69, 9.17) is 4.74 Å². The van der Waals surface area contributed by atoms with Gasteiger partial charge in [0.05, 0.1) is 5.92 Å². The Hall–Kier alpha value is -1.38. The van der Waals surface area contributed by atoms with Crippen molar-refractivity contribution in [2.45, 2.75) is 78.1 Å². The normalized spacial score (nSPS) is 35.8. The zero-order chi connectivity index (χ0) is 19.7. The van der Waals surface area contributed by atoms with Gasteiger partial charge in [-0.3, -0.25) is 4.79 Å². The predicted molar refractivity (Wildman–Crippen MR) is 110 cm³/mol. The van der Waals surface area contributed by atoms with Crippen LogP contribution in [-0.4, -0.2) is 5.97 Å². The van der Waals surface area contributed by atoms with E-state index in [9.17, 15) is 9.18 Å². The molecule has 28 heavy (non-hydrogen) atoms. The largest absolute Gasteiger partial charge is 0.426 e. The molecule has 4 unspecified atom stereocenters. The quantitative estimate of drug-likeness (QED) is 0.427. The van der Waals surface area contributed by atoms with Gasteiger partial charge in [0.25, 0.3) is 0 Å². The molecule has 0 spiro atoms. The zero-order valence-electron chi connectivity index (χ0n) is 17.5. The van der Waals surface area contributed by atoms with Crippen molar-refractivity contribution in [3.05, 3.63) is 29.6 Å². The number of hydrogen-bond acceptors (Lipinski definition) is 2. The van der Waals surface area contributed by atoms with E-state index in [1.807, 2.05) is 0 Å². The Kier molecular flexibility index (Phi) is 6.08. The lowest BCUT2D eigenvalue weighted by Gasteiger charge is -2.44. The van der Waals surface area contributed by atoms with Crippen LogP contribution >= 0.6 is 0 Å². The summed E-state index contributed by atoms with van der Waals surface area (Å²) in [6.45, 7) is 4.14. The summed E-state index contributed by atoms with van der Waals surface area (Å²) in [5, 5.41) is 0. The Bertz CT molecular complexity index is 692. The van der Waals surface area contributed by atoms with Crippen LogP contribution < -0.4 is 4.74 Å². The van der Waals surface area contributed by atoms with Crippen LogP contribution in [0, 0.1) is 48.2 Å². The second-order valence-corrected chi connectivity index (χ2v) is 9.96. The van der Waals surface area contributed by atoms with E-state index < -0.39 is 0 Å². The van der Waals surface area contributed by atoms with Gasteiger partial charge in [0.1, 0.15) is 11.6 Å². The molecule has 4 atom stereocenters. The van der Waals surface area contributed by atoms with Crippen LogP contribution in [0.1, 0.15) is 76.7 Å². The number of benzene rings is 1. The van der Waals surface area contributed by atoms with Crippen molar-refractivity contribution >= 4 is 5.97 Å². The van der Waals surface area contributed by atoms with Gasteiger partial charge in [-0.25, -0.2) is 4.39 Å². The minimum Gasteiger partial charge on any atom is -0.426 e. The molecule has 0 saturated heterocycles. The fourth-order valence-electron chi connectivity index (χ4n) is 6.25. The van der Waals surface area contributed by atoms with Gasteiger partial charge >= 0.3 is 5.97 Å². The van der Waals surface area contributed by atoms with Crippen molar-refractivity contribution < 1.29 is 13.9 Å². The highest BCUT2D eigenvalue weighted by molar-refractivity contribution is 5.75. The number of rotatable bonds is 3. The van der Waals surface area contributed by atoms with Gasteiger partial charge in [-0.2, -0.15) is 0 Å². The number of hydrogen-bond donors (Lipinski definition) is 0. The van der Waals surface area contributed by atoms with Crippen LogP contribution in [0.2, 0.25) is 0 Å². The molecule has 154 valence electrons. The minimum atomic E-state index is -0.318. The maximum Gasteiger partial charge on any atom is 0.314 e. The molecule has 1 aromatic carbocycles. The second kappa shape index (κ2) is 8.55. The van der Waals surface area contributed by atoms with E-state index >= 15 is 0 Å². The van der Waals surface area contributed by atoms with Crippen LogP contribution in [0.5, 0.6) is 5.75 Å². The van der Waals surface area contributed by atoms with Crippen LogP contribution in [0.25, 0.3) is 0 Å². The number of ether oxygens (including phenoxy) is 1. The average Bonchev–Trinajstić information content (AvgIpc) is 2.70. The Labute approximate surface area is 169 Å². The summed E-state index contributed by atoms with van der Waals surface area (Å²) in [5.74, 6) is 4.37. The van der Waals surface area contributed by atoms with Crippen LogP contribution in [0.3, 0.4) is 0 Å².